The highest BCUT2D eigenvalue weighted by Crippen LogP contribution is 2.32. The Labute approximate surface area is 139 Å². The zero-order valence-corrected chi connectivity index (χ0v) is 14.7. The van der Waals surface area contributed by atoms with Crippen LogP contribution in [0.3, 0.4) is 0 Å². The van der Waals surface area contributed by atoms with E-state index in [2.05, 4.69) is 54.3 Å². The second kappa shape index (κ2) is 5.95. The molecule has 124 valence electrons. The molecule has 2 atom stereocenters. The van der Waals surface area contributed by atoms with Crippen molar-refractivity contribution in [3.05, 3.63) is 35.0 Å². The SMILES string of the molecule is Cc1cc(C)c2cc(CNC3CC4CCCC(C3)N4C)[nH]c2c1. The molecule has 23 heavy (non-hydrogen) atoms. The maximum absolute atomic E-state index is 3.82. The lowest BCUT2D eigenvalue weighted by molar-refractivity contribution is 0.0482. The first-order valence-electron chi connectivity index (χ1n) is 9.14. The minimum absolute atomic E-state index is 0.677. The number of benzene rings is 1. The zero-order chi connectivity index (χ0) is 16.0. The molecule has 3 nitrogen and oxygen atoms in total. The third-order valence-electron chi connectivity index (χ3n) is 6.07. The highest BCUT2D eigenvalue weighted by molar-refractivity contribution is 5.84. The van der Waals surface area contributed by atoms with Crippen LogP contribution in [0.5, 0.6) is 0 Å². The lowest BCUT2D eigenvalue weighted by atomic mass is 9.82. The van der Waals surface area contributed by atoms with Crippen molar-refractivity contribution in [2.75, 3.05) is 7.05 Å². The van der Waals surface area contributed by atoms with Gasteiger partial charge in [-0.1, -0.05) is 12.5 Å². The molecular formula is C20H29N3. The molecule has 2 N–H and O–H groups in total. The summed E-state index contributed by atoms with van der Waals surface area (Å²) in [6.07, 6.45) is 6.82. The average molecular weight is 311 g/mol. The first-order valence-corrected chi connectivity index (χ1v) is 9.14. The Morgan fingerprint density at radius 2 is 1.87 bits per heavy atom. The highest BCUT2D eigenvalue weighted by atomic mass is 15.2. The minimum Gasteiger partial charge on any atom is -0.357 e. The molecule has 2 aliphatic rings. The summed E-state index contributed by atoms with van der Waals surface area (Å²) in [6, 6.07) is 9.13. The van der Waals surface area contributed by atoms with Crippen LogP contribution in [0, 0.1) is 13.8 Å². The third kappa shape index (κ3) is 2.92. The van der Waals surface area contributed by atoms with Gasteiger partial charge >= 0.3 is 0 Å². The van der Waals surface area contributed by atoms with Gasteiger partial charge in [0, 0.05) is 41.3 Å². The Hall–Kier alpha value is -1.32. The van der Waals surface area contributed by atoms with Crippen molar-refractivity contribution in [2.45, 2.75) is 70.6 Å². The van der Waals surface area contributed by atoms with Gasteiger partial charge in [-0.05, 0) is 69.8 Å². The maximum atomic E-state index is 3.82. The number of hydrogen-bond donors (Lipinski definition) is 2. The van der Waals surface area contributed by atoms with E-state index < -0.39 is 0 Å². The summed E-state index contributed by atoms with van der Waals surface area (Å²) in [4.78, 5) is 6.24. The van der Waals surface area contributed by atoms with Crippen LogP contribution in [0.1, 0.15) is 48.9 Å². The Bertz CT molecular complexity index is 688. The fraction of sp³-hybridized carbons (Fsp3) is 0.600. The Morgan fingerprint density at radius 3 is 2.61 bits per heavy atom. The van der Waals surface area contributed by atoms with Gasteiger partial charge in [0.15, 0.2) is 0 Å². The molecule has 1 aromatic heterocycles. The molecule has 0 spiro atoms. The first-order chi connectivity index (χ1) is 11.1. The van der Waals surface area contributed by atoms with Crippen molar-refractivity contribution in [1.29, 1.82) is 0 Å². The maximum Gasteiger partial charge on any atom is 0.0461 e. The van der Waals surface area contributed by atoms with E-state index in [1.807, 2.05) is 0 Å². The van der Waals surface area contributed by atoms with Gasteiger partial charge in [-0.25, -0.2) is 0 Å². The molecule has 3 heterocycles. The Morgan fingerprint density at radius 1 is 1.13 bits per heavy atom. The number of aryl methyl sites for hydroxylation is 2. The fourth-order valence-electron chi connectivity index (χ4n) is 4.79. The number of H-pyrrole nitrogens is 1. The second-order valence-corrected chi connectivity index (χ2v) is 7.79. The van der Waals surface area contributed by atoms with Gasteiger partial charge < -0.3 is 15.2 Å². The number of aromatic nitrogens is 1. The molecule has 3 heteroatoms. The predicted octanol–water partition coefficient (Wildman–Crippen LogP) is 3.89. The summed E-state index contributed by atoms with van der Waals surface area (Å²) in [7, 11) is 2.33. The van der Waals surface area contributed by atoms with Crippen molar-refractivity contribution in [2.24, 2.45) is 0 Å². The third-order valence-corrected chi connectivity index (χ3v) is 6.07. The molecule has 2 saturated heterocycles. The van der Waals surface area contributed by atoms with E-state index in [9.17, 15) is 0 Å². The topological polar surface area (TPSA) is 31.1 Å². The van der Waals surface area contributed by atoms with Crippen LogP contribution in [0.2, 0.25) is 0 Å². The quantitative estimate of drug-likeness (QED) is 0.901. The largest absolute Gasteiger partial charge is 0.357 e. The number of nitrogens with zero attached hydrogens (tertiary/aromatic N) is 1. The molecule has 2 bridgehead atoms. The van der Waals surface area contributed by atoms with Crippen LogP contribution in [0.25, 0.3) is 10.9 Å². The van der Waals surface area contributed by atoms with Crippen LogP contribution < -0.4 is 5.32 Å². The fourth-order valence-corrected chi connectivity index (χ4v) is 4.79. The van der Waals surface area contributed by atoms with Crippen LogP contribution in [-0.4, -0.2) is 35.1 Å². The zero-order valence-electron chi connectivity index (χ0n) is 14.7. The molecule has 2 fully saturated rings. The molecule has 0 radical (unpaired) electrons. The van der Waals surface area contributed by atoms with Gasteiger partial charge in [0.2, 0.25) is 0 Å². The van der Waals surface area contributed by atoms with Crippen LogP contribution in [0.15, 0.2) is 18.2 Å². The van der Waals surface area contributed by atoms with E-state index in [-0.39, 0.29) is 0 Å². The van der Waals surface area contributed by atoms with Gasteiger partial charge in [-0.2, -0.15) is 0 Å². The van der Waals surface area contributed by atoms with Gasteiger partial charge in [0.05, 0.1) is 0 Å². The van der Waals surface area contributed by atoms with Crippen LogP contribution >= 0.6 is 0 Å². The highest BCUT2D eigenvalue weighted by Gasteiger charge is 2.35. The summed E-state index contributed by atoms with van der Waals surface area (Å²) >= 11 is 0. The molecule has 0 saturated carbocycles. The van der Waals surface area contributed by atoms with Crippen molar-refractivity contribution in [1.82, 2.24) is 15.2 Å². The lowest BCUT2D eigenvalue weighted by Crippen LogP contribution is -2.54. The van der Waals surface area contributed by atoms with E-state index in [1.165, 1.54) is 59.8 Å². The number of hydrogen-bond acceptors (Lipinski definition) is 2. The summed E-state index contributed by atoms with van der Waals surface area (Å²) in [5, 5.41) is 5.19. The predicted molar refractivity (Wildman–Crippen MR) is 96.8 cm³/mol. The van der Waals surface area contributed by atoms with E-state index in [0.29, 0.717) is 6.04 Å². The van der Waals surface area contributed by atoms with Crippen LogP contribution in [-0.2, 0) is 6.54 Å². The minimum atomic E-state index is 0.677. The first kappa shape index (κ1) is 15.2. The number of aromatic amines is 1. The van der Waals surface area contributed by atoms with Crippen molar-refractivity contribution >= 4 is 10.9 Å². The van der Waals surface area contributed by atoms with Crippen molar-refractivity contribution in [3.8, 4) is 0 Å². The van der Waals surface area contributed by atoms with Gasteiger partial charge in [0.25, 0.3) is 0 Å². The number of rotatable bonds is 3. The molecule has 2 aliphatic heterocycles. The second-order valence-electron chi connectivity index (χ2n) is 7.79. The number of fused-ring (bicyclic) bond motifs is 3. The molecule has 2 unspecified atom stereocenters. The van der Waals surface area contributed by atoms with Gasteiger partial charge in [0.1, 0.15) is 0 Å². The van der Waals surface area contributed by atoms with E-state index in [4.69, 9.17) is 0 Å². The van der Waals surface area contributed by atoms with Crippen molar-refractivity contribution in [3.63, 3.8) is 0 Å². The van der Waals surface area contributed by atoms with E-state index in [0.717, 1.165) is 18.6 Å². The summed E-state index contributed by atoms with van der Waals surface area (Å²) < 4.78 is 0. The molecule has 4 rings (SSSR count). The number of piperidine rings is 2. The van der Waals surface area contributed by atoms with Gasteiger partial charge in [-0.3, -0.25) is 0 Å². The standard InChI is InChI=1S/C20H29N3/c1-13-7-14(2)19-11-16(22-20(19)8-13)12-21-15-9-17-5-4-6-18(10-15)23(17)3/h7-8,11,15,17-18,21-22H,4-6,9-10,12H2,1-3H3. The van der Waals surface area contributed by atoms with E-state index >= 15 is 0 Å². The summed E-state index contributed by atoms with van der Waals surface area (Å²) in [5.74, 6) is 0. The lowest BCUT2D eigenvalue weighted by Gasteiger charge is -2.47. The molecule has 0 amide bonds. The van der Waals surface area contributed by atoms with Gasteiger partial charge in [-0.15, -0.1) is 0 Å². The summed E-state index contributed by atoms with van der Waals surface area (Å²) in [5.41, 5.74) is 5.30. The Balaban J connectivity index is 1.44. The monoisotopic (exact) mass is 311 g/mol. The van der Waals surface area contributed by atoms with Crippen LogP contribution in [0.4, 0.5) is 0 Å². The normalized spacial score (nSPS) is 28.4. The van der Waals surface area contributed by atoms with E-state index in [1.54, 1.807) is 0 Å². The molecule has 0 aliphatic carbocycles. The molecular weight excluding hydrogens is 282 g/mol. The average Bonchev–Trinajstić information content (AvgIpc) is 2.89. The molecule has 2 aromatic rings. The summed E-state index contributed by atoms with van der Waals surface area (Å²) in [6.45, 7) is 5.34. The molecule has 1 aromatic carbocycles. The smallest absolute Gasteiger partial charge is 0.0461 e. The number of nitrogens with one attached hydrogen (secondary N) is 2. The Kier molecular flexibility index (Phi) is 3.94. The van der Waals surface area contributed by atoms with Crippen molar-refractivity contribution < 1.29 is 0 Å².